The molecule has 22 heavy (non-hydrogen) atoms. The highest BCUT2D eigenvalue weighted by Crippen LogP contribution is 2.08. The third-order valence-electron chi connectivity index (χ3n) is 4.01. The van der Waals surface area contributed by atoms with Crippen LogP contribution in [0.25, 0.3) is 0 Å². The molecule has 3 N–H and O–H groups in total. The van der Waals surface area contributed by atoms with Gasteiger partial charge in [-0.2, -0.15) is 0 Å². The molecule has 1 aromatic rings. The van der Waals surface area contributed by atoms with Crippen molar-refractivity contribution in [1.82, 2.24) is 15.1 Å². The molecule has 1 amide bonds. The average molecular weight is 304 g/mol. The first kappa shape index (κ1) is 16.9. The number of amides is 1. The van der Waals surface area contributed by atoms with Crippen LogP contribution in [0.1, 0.15) is 19.4 Å². The number of benzene rings is 1. The minimum Gasteiger partial charge on any atom is -0.353 e. The normalized spacial score (nSPS) is 17.4. The number of nitrogens with zero attached hydrogens (tertiary/aromatic N) is 2. The fourth-order valence-corrected chi connectivity index (χ4v) is 2.57. The molecular formula is C17H28N4O. The molecule has 1 heterocycles. The largest absolute Gasteiger partial charge is 0.353 e. The van der Waals surface area contributed by atoms with Gasteiger partial charge >= 0.3 is 0 Å². The summed E-state index contributed by atoms with van der Waals surface area (Å²) in [5.41, 5.74) is 6.33. The number of nitrogens with two attached hydrogens (primary N) is 1. The van der Waals surface area contributed by atoms with Crippen molar-refractivity contribution in [3.8, 4) is 0 Å². The molecule has 122 valence electrons. The van der Waals surface area contributed by atoms with Crippen LogP contribution in [0, 0.1) is 0 Å². The van der Waals surface area contributed by atoms with Gasteiger partial charge in [0.2, 0.25) is 5.91 Å². The van der Waals surface area contributed by atoms with E-state index in [2.05, 4.69) is 45.4 Å². The van der Waals surface area contributed by atoms with E-state index in [-0.39, 0.29) is 5.91 Å². The Bertz CT molecular complexity index is 461. The Morgan fingerprint density at radius 2 is 1.73 bits per heavy atom. The number of hydrogen-bond donors (Lipinski definition) is 2. The molecule has 0 aliphatic carbocycles. The van der Waals surface area contributed by atoms with E-state index >= 15 is 0 Å². The lowest BCUT2D eigenvalue weighted by Crippen LogP contribution is -2.52. The van der Waals surface area contributed by atoms with Crippen LogP contribution in [0.3, 0.4) is 0 Å². The Kier molecular flexibility index (Phi) is 5.94. The maximum Gasteiger partial charge on any atom is 0.239 e. The van der Waals surface area contributed by atoms with Gasteiger partial charge < -0.3 is 11.1 Å². The number of piperazine rings is 1. The number of nitrogens with one attached hydrogen (secondary N) is 1. The predicted molar refractivity (Wildman–Crippen MR) is 89.4 cm³/mol. The molecule has 1 saturated heterocycles. The van der Waals surface area contributed by atoms with Gasteiger partial charge in [-0.25, -0.2) is 0 Å². The Hall–Kier alpha value is -1.43. The van der Waals surface area contributed by atoms with Gasteiger partial charge in [0, 0.05) is 45.8 Å². The molecular weight excluding hydrogens is 276 g/mol. The summed E-state index contributed by atoms with van der Waals surface area (Å²) in [7, 11) is 0. The quantitative estimate of drug-likeness (QED) is 0.810. The van der Waals surface area contributed by atoms with E-state index in [0.29, 0.717) is 6.54 Å². The van der Waals surface area contributed by atoms with E-state index in [0.717, 1.165) is 39.3 Å². The molecule has 1 fully saturated rings. The number of carbonyl (C=O) groups excluding carboxylic acids is 1. The molecule has 1 aliphatic rings. The van der Waals surface area contributed by atoms with Gasteiger partial charge in [0.05, 0.1) is 5.54 Å². The lowest BCUT2D eigenvalue weighted by Gasteiger charge is -2.34. The summed E-state index contributed by atoms with van der Waals surface area (Å²) in [5.74, 6) is -0.0878. The van der Waals surface area contributed by atoms with Crippen molar-refractivity contribution < 1.29 is 4.79 Å². The molecule has 5 heteroatoms. The van der Waals surface area contributed by atoms with Gasteiger partial charge in [0.1, 0.15) is 0 Å². The minimum atomic E-state index is -0.797. The second-order valence-electron chi connectivity index (χ2n) is 6.58. The summed E-state index contributed by atoms with van der Waals surface area (Å²) in [4.78, 5) is 16.6. The second-order valence-corrected chi connectivity index (χ2v) is 6.58. The maximum absolute atomic E-state index is 11.7. The molecule has 0 aromatic heterocycles. The lowest BCUT2D eigenvalue weighted by atomic mass is 10.1. The van der Waals surface area contributed by atoms with Crippen molar-refractivity contribution in [3.05, 3.63) is 35.9 Å². The highest BCUT2D eigenvalue weighted by Gasteiger charge is 2.22. The maximum atomic E-state index is 11.7. The van der Waals surface area contributed by atoms with E-state index in [4.69, 9.17) is 5.73 Å². The fourth-order valence-electron chi connectivity index (χ4n) is 2.57. The van der Waals surface area contributed by atoms with Crippen LogP contribution in [-0.4, -0.2) is 60.5 Å². The van der Waals surface area contributed by atoms with Crippen molar-refractivity contribution in [1.29, 1.82) is 0 Å². The predicted octanol–water partition coefficient (Wildman–Crippen LogP) is 0.658. The van der Waals surface area contributed by atoms with Crippen LogP contribution in [0.2, 0.25) is 0 Å². The standard InChI is InChI=1S/C17H28N4O/c1-17(2,18)16(22)19-8-9-20-10-12-21(13-11-20)14-15-6-4-3-5-7-15/h3-7H,8-14,18H2,1-2H3,(H,19,22). The highest BCUT2D eigenvalue weighted by molar-refractivity contribution is 5.84. The van der Waals surface area contributed by atoms with Gasteiger partial charge in [0.25, 0.3) is 0 Å². The van der Waals surface area contributed by atoms with Crippen LogP contribution in [0.5, 0.6) is 0 Å². The van der Waals surface area contributed by atoms with E-state index in [1.807, 2.05) is 0 Å². The van der Waals surface area contributed by atoms with Gasteiger partial charge in [-0.3, -0.25) is 14.6 Å². The first-order valence-corrected chi connectivity index (χ1v) is 8.01. The Labute approximate surface area is 133 Å². The molecule has 0 bridgehead atoms. The fraction of sp³-hybridized carbons (Fsp3) is 0.588. The van der Waals surface area contributed by atoms with E-state index in [9.17, 15) is 4.79 Å². The molecule has 0 unspecified atom stereocenters. The van der Waals surface area contributed by atoms with Crippen molar-refractivity contribution in [2.45, 2.75) is 25.9 Å². The highest BCUT2D eigenvalue weighted by atomic mass is 16.2. The third-order valence-corrected chi connectivity index (χ3v) is 4.01. The van der Waals surface area contributed by atoms with Gasteiger partial charge in [-0.1, -0.05) is 30.3 Å². The zero-order chi connectivity index (χ0) is 16.0. The third kappa shape index (κ3) is 5.40. The average Bonchev–Trinajstić information content (AvgIpc) is 2.49. The van der Waals surface area contributed by atoms with Crippen LogP contribution in [0.15, 0.2) is 30.3 Å². The molecule has 0 saturated carbocycles. The molecule has 1 aromatic carbocycles. The minimum absolute atomic E-state index is 0.0878. The summed E-state index contributed by atoms with van der Waals surface area (Å²) in [5, 5.41) is 2.90. The Morgan fingerprint density at radius 1 is 1.14 bits per heavy atom. The number of hydrogen-bond acceptors (Lipinski definition) is 4. The molecule has 5 nitrogen and oxygen atoms in total. The van der Waals surface area contributed by atoms with Crippen molar-refractivity contribution in [2.24, 2.45) is 5.73 Å². The van der Waals surface area contributed by atoms with Crippen molar-refractivity contribution in [2.75, 3.05) is 39.3 Å². The van der Waals surface area contributed by atoms with Crippen molar-refractivity contribution in [3.63, 3.8) is 0 Å². The summed E-state index contributed by atoms with van der Waals surface area (Å²) in [6.07, 6.45) is 0. The van der Waals surface area contributed by atoms with Gasteiger partial charge in [-0.15, -0.1) is 0 Å². The second kappa shape index (κ2) is 7.72. The first-order valence-electron chi connectivity index (χ1n) is 8.01. The van der Waals surface area contributed by atoms with Gasteiger partial charge in [-0.05, 0) is 19.4 Å². The summed E-state index contributed by atoms with van der Waals surface area (Å²) >= 11 is 0. The van der Waals surface area contributed by atoms with E-state index in [1.54, 1.807) is 13.8 Å². The molecule has 0 spiro atoms. The van der Waals surface area contributed by atoms with Crippen molar-refractivity contribution >= 4 is 5.91 Å². The molecule has 0 radical (unpaired) electrons. The number of carbonyl (C=O) groups is 1. The zero-order valence-corrected chi connectivity index (χ0v) is 13.7. The van der Waals surface area contributed by atoms with E-state index < -0.39 is 5.54 Å². The number of rotatable bonds is 6. The van der Waals surface area contributed by atoms with Crippen LogP contribution >= 0.6 is 0 Å². The van der Waals surface area contributed by atoms with Crippen LogP contribution in [-0.2, 0) is 11.3 Å². The van der Waals surface area contributed by atoms with Crippen LogP contribution < -0.4 is 11.1 Å². The summed E-state index contributed by atoms with van der Waals surface area (Å²) in [6, 6.07) is 10.6. The SMILES string of the molecule is CC(C)(N)C(=O)NCCN1CCN(Cc2ccccc2)CC1. The Morgan fingerprint density at radius 3 is 2.32 bits per heavy atom. The zero-order valence-electron chi connectivity index (χ0n) is 13.7. The summed E-state index contributed by atoms with van der Waals surface area (Å²) in [6.45, 7) is 10.3. The molecule has 0 atom stereocenters. The van der Waals surface area contributed by atoms with Crippen LogP contribution in [0.4, 0.5) is 0 Å². The molecule has 1 aliphatic heterocycles. The summed E-state index contributed by atoms with van der Waals surface area (Å²) < 4.78 is 0. The molecule has 2 rings (SSSR count). The monoisotopic (exact) mass is 304 g/mol. The lowest BCUT2D eigenvalue weighted by molar-refractivity contribution is -0.125. The topological polar surface area (TPSA) is 61.6 Å². The first-order chi connectivity index (χ1) is 10.4. The van der Waals surface area contributed by atoms with E-state index in [1.165, 1.54) is 5.56 Å². The smallest absolute Gasteiger partial charge is 0.239 e. The van der Waals surface area contributed by atoms with Gasteiger partial charge in [0.15, 0.2) is 0 Å². The Balaban J connectivity index is 1.64.